The first-order valence-electron chi connectivity index (χ1n) is 8.14. The Bertz CT molecular complexity index is 953. The normalized spacial score (nSPS) is 10.7. The molecular weight excluding hydrogens is 383 g/mol. The number of hydrogen-bond acceptors (Lipinski definition) is 6. The van der Waals surface area contributed by atoms with Gasteiger partial charge in [-0.05, 0) is 42.9 Å². The van der Waals surface area contributed by atoms with E-state index in [4.69, 9.17) is 26.8 Å². The lowest BCUT2D eigenvalue weighted by atomic mass is 10.3. The molecule has 0 radical (unpaired) electrons. The molecule has 0 saturated heterocycles. The summed E-state index contributed by atoms with van der Waals surface area (Å²) in [5.41, 5.74) is 7.13. The number of nitrogens with two attached hydrogens (primary N) is 1. The fourth-order valence-corrected chi connectivity index (χ4v) is 3.23. The highest BCUT2D eigenvalue weighted by Crippen LogP contribution is 2.33. The van der Waals surface area contributed by atoms with Crippen LogP contribution in [0.2, 0.25) is 5.02 Å². The monoisotopic (exact) mass is 402 g/mol. The van der Waals surface area contributed by atoms with E-state index in [1.165, 1.54) is 11.5 Å². The van der Waals surface area contributed by atoms with Gasteiger partial charge in [0.15, 0.2) is 0 Å². The highest BCUT2D eigenvalue weighted by Gasteiger charge is 2.12. The molecule has 8 heteroatoms. The summed E-state index contributed by atoms with van der Waals surface area (Å²) in [6.45, 7) is 4.39. The Morgan fingerprint density at radius 3 is 2.67 bits per heavy atom. The summed E-state index contributed by atoms with van der Waals surface area (Å²) < 4.78 is 11.2. The van der Waals surface area contributed by atoms with Crippen molar-refractivity contribution in [1.29, 1.82) is 0 Å². The number of nitrogen functional groups attached to an aromatic ring is 1. The highest BCUT2D eigenvalue weighted by molar-refractivity contribution is 7.64. The molecule has 0 saturated carbocycles. The van der Waals surface area contributed by atoms with Crippen molar-refractivity contribution >= 4 is 42.2 Å². The molecule has 6 nitrogen and oxygen atoms in total. The van der Waals surface area contributed by atoms with Gasteiger partial charge in [-0.25, -0.2) is 4.98 Å². The van der Waals surface area contributed by atoms with Crippen molar-refractivity contribution in [2.45, 2.75) is 0 Å². The molecule has 0 unspecified atom stereocenters. The minimum absolute atomic E-state index is 0.216. The van der Waals surface area contributed by atoms with Crippen LogP contribution in [0.5, 0.6) is 17.4 Å². The van der Waals surface area contributed by atoms with Crippen LogP contribution in [0.15, 0.2) is 48.7 Å². The van der Waals surface area contributed by atoms with Crippen LogP contribution in [-0.4, -0.2) is 30.4 Å². The standard InChI is InChI=1S/C19H20ClN4O2P/c1-25-17-10-14(27(2)3)7-8-16(17)23-19-22-11-15(20)18(24-19)26-13-6-4-5-12(21)9-13/h4-11H,21H2,1-3H3,(H,22,23,24). The van der Waals surface area contributed by atoms with Crippen LogP contribution in [0, 0.1) is 0 Å². The number of halogens is 1. The number of benzene rings is 2. The van der Waals surface area contributed by atoms with Crippen LogP contribution in [0.3, 0.4) is 0 Å². The fourth-order valence-electron chi connectivity index (χ4n) is 2.35. The first-order valence-corrected chi connectivity index (χ1v) is 10.8. The minimum Gasteiger partial charge on any atom is -0.495 e. The number of anilines is 3. The van der Waals surface area contributed by atoms with Crippen LogP contribution in [0.25, 0.3) is 0 Å². The highest BCUT2D eigenvalue weighted by atomic mass is 35.5. The Labute approximate surface area is 164 Å². The summed E-state index contributed by atoms with van der Waals surface area (Å²) in [6, 6.07) is 13.1. The zero-order valence-electron chi connectivity index (χ0n) is 15.2. The molecule has 2 aromatic carbocycles. The lowest BCUT2D eigenvalue weighted by Crippen LogP contribution is -2.05. The van der Waals surface area contributed by atoms with Gasteiger partial charge in [0, 0.05) is 11.8 Å². The molecule has 0 fully saturated rings. The van der Waals surface area contributed by atoms with E-state index in [9.17, 15) is 0 Å². The number of hydrogen-bond donors (Lipinski definition) is 2. The minimum atomic E-state index is -0.216. The van der Waals surface area contributed by atoms with Crippen molar-refractivity contribution in [2.75, 3.05) is 31.5 Å². The molecule has 0 amide bonds. The van der Waals surface area contributed by atoms with Crippen LogP contribution < -0.4 is 25.8 Å². The zero-order valence-corrected chi connectivity index (χ0v) is 16.9. The van der Waals surface area contributed by atoms with Gasteiger partial charge in [0.25, 0.3) is 0 Å². The van der Waals surface area contributed by atoms with Gasteiger partial charge in [0.1, 0.15) is 16.5 Å². The lowest BCUT2D eigenvalue weighted by Gasteiger charge is -2.14. The SMILES string of the molecule is COc1cc(P(C)C)ccc1Nc1ncc(Cl)c(Oc2cccc(N)c2)n1. The van der Waals surface area contributed by atoms with Crippen LogP contribution in [0.4, 0.5) is 17.3 Å². The zero-order chi connectivity index (χ0) is 19.4. The number of nitrogens with zero attached hydrogens (tertiary/aromatic N) is 2. The van der Waals surface area contributed by atoms with Gasteiger partial charge in [-0.3, -0.25) is 0 Å². The van der Waals surface area contributed by atoms with Gasteiger partial charge < -0.3 is 20.5 Å². The van der Waals surface area contributed by atoms with Crippen LogP contribution >= 0.6 is 19.5 Å². The molecule has 140 valence electrons. The average molecular weight is 403 g/mol. The third kappa shape index (κ3) is 4.79. The summed E-state index contributed by atoms with van der Waals surface area (Å²) in [4.78, 5) is 8.57. The van der Waals surface area contributed by atoms with E-state index in [-0.39, 0.29) is 13.8 Å². The molecule has 0 spiro atoms. The Morgan fingerprint density at radius 1 is 1.15 bits per heavy atom. The van der Waals surface area contributed by atoms with Crippen LogP contribution in [-0.2, 0) is 0 Å². The molecule has 3 N–H and O–H groups in total. The topological polar surface area (TPSA) is 82.3 Å². The second-order valence-electron chi connectivity index (χ2n) is 5.93. The third-order valence-corrected chi connectivity index (χ3v) is 5.30. The van der Waals surface area contributed by atoms with Crippen molar-refractivity contribution in [2.24, 2.45) is 0 Å². The average Bonchev–Trinajstić information content (AvgIpc) is 2.64. The molecular formula is C19H20ClN4O2P. The molecule has 3 rings (SSSR count). The quantitative estimate of drug-likeness (QED) is 0.462. The second-order valence-corrected chi connectivity index (χ2v) is 8.64. The maximum absolute atomic E-state index is 6.17. The fraction of sp³-hybridized carbons (Fsp3) is 0.158. The molecule has 1 heterocycles. The maximum Gasteiger partial charge on any atom is 0.243 e. The third-order valence-electron chi connectivity index (χ3n) is 3.73. The Morgan fingerprint density at radius 2 is 1.96 bits per heavy atom. The van der Waals surface area contributed by atoms with E-state index in [1.807, 2.05) is 12.1 Å². The smallest absolute Gasteiger partial charge is 0.243 e. The van der Waals surface area contributed by atoms with E-state index in [0.29, 0.717) is 22.4 Å². The second kappa shape index (κ2) is 8.42. The van der Waals surface area contributed by atoms with E-state index in [0.717, 1.165) is 11.4 Å². The predicted molar refractivity (Wildman–Crippen MR) is 113 cm³/mol. The number of ether oxygens (including phenoxy) is 2. The molecule has 0 atom stereocenters. The number of methoxy groups -OCH3 is 1. The Balaban J connectivity index is 1.86. The van der Waals surface area contributed by atoms with Gasteiger partial charge in [0.05, 0.1) is 19.0 Å². The summed E-state index contributed by atoms with van der Waals surface area (Å²) in [5, 5.41) is 4.70. The van der Waals surface area contributed by atoms with E-state index in [1.54, 1.807) is 31.4 Å². The summed E-state index contributed by atoms with van der Waals surface area (Å²) in [5.74, 6) is 1.85. The molecule has 0 aliphatic heterocycles. The summed E-state index contributed by atoms with van der Waals surface area (Å²) in [7, 11) is 1.42. The van der Waals surface area contributed by atoms with Crippen molar-refractivity contribution in [3.63, 3.8) is 0 Å². The van der Waals surface area contributed by atoms with E-state index < -0.39 is 0 Å². The molecule has 0 aliphatic carbocycles. The number of aromatic nitrogens is 2. The Kier molecular flexibility index (Phi) is 5.99. The molecule has 3 aromatic rings. The molecule has 0 aliphatic rings. The number of rotatable bonds is 6. The number of nitrogens with one attached hydrogen (secondary N) is 1. The van der Waals surface area contributed by atoms with Crippen molar-refractivity contribution in [3.8, 4) is 17.4 Å². The summed E-state index contributed by atoms with van der Waals surface area (Å²) in [6.07, 6.45) is 1.48. The largest absolute Gasteiger partial charge is 0.495 e. The van der Waals surface area contributed by atoms with Crippen molar-refractivity contribution in [1.82, 2.24) is 9.97 Å². The van der Waals surface area contributed by atoms with Gasteiger partial charge in [0.2, 0.25) is 11.8 Å². The van der Waals surface area contributed by atoms with Gasteiger partial charge in [-0.2, -0.15) is 4.98 Å². The van der Waals surface area contributed by atoms with Gasteiger partial charge in [-0.1, -0.05) is 31.7 Å². The maximum atomic E-state index is 6.17. The molecule has 1 aromatic heterocycles. The van der Waals surface area contributed by atoms with Crippen molar-refractivity contribution in [3.05, 3.63) is 53.7 Å². The molecule has 0 bridgehead atoms. The Hall–Kier alpha value is -2.56. The first-order chi connectivity index (χ1) is 13.0. The summed E-state index contributed by atoms with van der Waals surface area (Å²) >= 11 is 6.17. The predicted octanol–water partition coefficient (Wildman–Crippen LogP) is 4.62. The van der Waals surface area contributed by atoms with Gasteiger partial charge in [-0.15, -0.1) is 0 Å². The van der Waals surface area contributed by atoms with E-state index in [2.05, 4.69) is 34.7 Å². The van der Waals surface area contributed by atoms with E-state index >= 15 is 0 Å². The lowest BCUT2D eigenvalue weighted by molar-refractivity contribution is 0.417. The van der Waals surface area contributed by atoms with Crippen molar-refractivity contribution < 1.29 is 9.47 Å². The first kappa shape index (κ1) is 19.2. The van der Waals surface area contributed by atoms with Crippen LogP contribution in [0.1, 0.15) is 0 Å². The molecule has 27 heavy (non-hydrogen) atoms. The van der Waals surface area contributed by atoms with Gasteiger partial charge >= 0.3 is 0 Å².